The molecular formula is C17H26BrClO3Si. The molecule has 0 N–H and O–H groups in total. The van der Waals surface area contributed by atoms with Crippen molar-refractivity contribution in [2.45, 2.75) is 50.7 Å². The summed E-state index contributed by atoms with van der Waals surface area (Å²) >= 11 is 9.44. The summed E-state index contributed by atoms with van der Waals surface area (Å²) in [6.07, 6.45) is 0. The van der Waals surface area contributed by atoms with Crippen molar-refractivity contribution in [2.24, 2.45) is 0 Å². The van der Waals surface area contributed by atoms with Gasteiger partial charge in [-0.05, 0) is 37.2 Å². The first kappa shape index (κ1) is 20.7. The number of ether oxygens (including phenoxy) is 1. The van der Waals surface area contributed by atoms with Crippen LogP contribution < -0.4 is 4.74 Å². The summed E-state index contributed by atoms with van der Waals surface area (Å²) in [6, 6.07) is 5.31. The number of carbonyl (C=O) groups is 1. The molecule has 0 aliphatic rings. The summed E-state index contributed by atoms with van der Waals surface area (Å²) in [5, 5.41) is 0.751. The summed E-state index contributed by atoms with van der Waals surface area (Å²) in [5.41, 5.74) is 0.786. The van der Waals surface area contributed by atoms with Crippen LogP contribution in [0.3, 0.4) is 0 Å². The van der Waals surface area contributed by atoms with Crippen LogP contribution in [0.5, 0.6) is 5.75 Å². The third-order valence-electron chi connectivity index (χ3n) is 4.22. The van der Waals surface area contributed by atoms with E-state index >= 15 is 0 Å². The first-order valence-electron chi connectivity index (χ1n) is 7.66. The van der Waals surface area contributed by atoms with Crippen molar-refractivity contribution in [3.8, 4) is 5.75 Å². The molecule has 0 aliphatic carbocycles. The first-order chi connectivity index (χ1) is 10.5. The number of alkyl halides is 1. The zero-order chi connectivity index (χ0) is 17.8. The maximum atomic E-state index is 11.6. The molecule has 0 fully saturated rings. The van der Waals surface area contributed by atoms with Crippen LogP contribution in [0.2, 0.25) is 23.2 Å². The molecule has 1 aromatic carbocycles. The Kier molecular flexibility index (Phi) is 7.32. The molecule has 0 radical (unpaired) electrons. The molecule has 6 heteroatoms. The van der Waals surface area contributed by atoms with Crippen molar-refractivity contribution >= 4 is 41.6 Å². The molecule has 1 atom stereocenters. The van der Waals surface area contributed by atoms with Crippen molar-refractivity contribution in [1.29, 1.82) is 0 Å². The third kappa shape index (κ3) is 5.89. The molecule has 1 unspecified atom stereocenters. The molecule has 1 rings (SSSR count). The monoisotopic (exact) mass is 420 g/mol. The minimum absolute atomic E-state index is 0.0229. The Morgan fingerprint density at radius 2 is 1.91 bits per heavy atom. The highest BCUT2D eigenvalue weighted by molar-refractivity contribution is 9.09. The highest BCUT2D eigenvalue weighted by atomic mass is 79.9. The van der Waals surface area contributed by atoms with E-state index in [2.05, 4.69) is 49.8 Å². The van der Waals surface area contributed by atoms with Crippen LogP contribution in [0.1, 0.15) is 38.1 Å². The molecule has 0 aliphatic heterocycles. The second-order valence-electron chi connectivity index (χ2n) is 7.11. The van der Waals surface area contributed by atoms with E-state index in [4.69, 9.17) is 20.8 Å². The lowest BCUT2D eigenvalue weighted by Gasteiger charge is -2.36. The van der Waals surface area contributed by atoms with Gasteiger partial charge in [-0.15, -0.1) is 0 Å². The van der Waals surface area contributed by atoms with Gasteiger partial charge in [0.2, 0.25) is 0 Å². The lowest BCUT2D eigenvalue weighted by Crippen LogP contribution is -2.41. The minimum atomic E-state index is -1.78. The fourth-order valence-corrected chi connectivity index (χ4v) is 3.29. The number of ketones is 1. The fourth-order valence-electron chi connectivity index (χ4n) is 1.73. The highest BCUT2D eigenvalue weighted by Gasteiger charge is 2.36. The van der Waals surface area contributed by atoms with E-state index in [0.29, 0.717) is 24.0 Å². The molecule has 130 valence electrons. The van der Waals surface area contributed by atoms with Gasteiger partial charge in [0.1, 0.15) is 23.0 Å². The van der Waals surface area contributed by atoms with Crippen molar-refractivity contribution in [3.63, 3.8) is 0 Å². The van der Waals surface area contributed by atoms with Crippen molar-refractivity contribution in [3.05, 3.63) is 28.8 Å². The zero-order valence-corrected chi connectivity index (χ0v) is 18.0. The van der Waals surface area contributed by atoms with Crippen molar-refractivity contribution < 1.29 is 14.0 Å². The van der Waals surface area contributed by atoms with Gasteiger partial charge in [0, 0.05) is 10.6 Å². The lowest BCUT2D eigenvalue weighted by atomic mass is 10.1. The van der Waals surface area contributed by atoms with Gasteiger partial charge in [0.25, 0.3) is 0 Å². The Labute approximate surface area is 154 Å². The summed E-state index contributed by atoms with van der Waals surface area (Å²) < 4.78 is 11.9. The van der Waals surface area contributed by atoms with Gasteiger partial charge in [-0.2, -0.15) is 0 Å². The van der Waals surface area contributed by atoms with E-state index in [1.807, 2.05) is 6.07 Å². The molecule has 23 heavy (non-hydrogen) atoms. The van der Waals surface area contributed by atoms with Gasteiger partial charge in [0.05, 0.1) is 6.61 Å². The van der Waals surface area contributed by atoms with Crippen LogP contribution >= 0.6 is 27.5 Å². The van der Waals surface area contributed by atoms with E-state index in [1.54, 1.807) is 19.1 Å². The normalized spacial score (nSPS) is 13.7. The Hall–Kier alpha value is -0.363. The quantitative estimate of drug-likeness (QED) is 0.319. The molecule has 3 nitrogen and oxygen atoms in total. The number of Topliss-reactive ketones (excluding diaryl/α,β-unsaturated/α-hetero) is 1. The number of carbonyl (C=O) groups excluding carboxylic acids is 1. The molecule has 0 spiro atoms. The van der Waals surface area contributed by atoms with Gasteiger partial charge in [-0.25, -0.2) is 0 Å². The summed E-state index contributed by atoms with van der Waals surface area (Å²) in [5.74, 6) is 0.642. The molecule has 0 aromatic heterocycles. The number of rotatable bonds is 7. The van der Waals surface area contributed by atoms with Crippen molar-refractivity contribution in [2.75, 3.05) is 13.2 Å². The smallest absolute Gasteiger partial charge is 0.192 e. The van der Waals surface area contributed by atoms with Crippen LogP contribution in [0.25, 0.3) is 0 Å². The molecule has 1 aromatic rings. The van der Waals surface area contributed by atoms with Crippen LogP contribution in [-0.2, 0) is 9.22 Å². The van der Waals surface area contributed by atoms with E-state index in [0.717, 1.165) is 5.56 Å². The van der Waals surface area contributed by atoms with E-state index in [9.17, 15) is 4.79 Å². The van der Waals surface area contributed by atoms with Crippen molar-refractivity contribution in [1.82, 2.24) is 0 Å². The summed E-state index contributed by atoms with van der Waals surface area (Å²) in [7, 11) is -1.78. The largest absolute Gasteiger partial charge is 0.491 e. The van der Waals surface area contributed by atoms with Gasteiger partial charge >= 0.3 is 0 Å². The van der Waals surface area contributed by atoms with E-state index < -0.39 is 13.1 Å². The Bertz CT molecular complexity index is 555. The Morgan fingerprint density at radius 3 is 2.43 bits per heavy atom. The molecule has 0 saturated carbocycles. The van der Waals surface area contributed by atoms with E-state index in [1.165, 1.54) is 0 Å². The van der Waals surface area contributed by atoms with Crippen LogP contribution in [0, 0.1) is 0 Å². The zero-order valence-electron chi connectivity index (χ0n) is 14.7. The SMILES string of the molecule is CC(=O)C(Br)c1ccc(Cl)cc1OCCO[Si](C)(C)C(C)(C)C. The standard InChI is InChI=1S/C17H26BrClO3Si/c1-12(20)16(18)14-8-7-13(19)11-15(14)21-9-10-22-23(5,6)17(2,3)4/h7-8,11,16H,9-10H2,1-6H3. The summed E-state index contributed by atoms with van der Waals surface area (Å²) in [6.45, 7) is 13.5. The van der Waals surface area contributed by atoms with Gasteiger partial charge in [-0.1, -0.05) is 54.4 Å². The second-order valence-corrected chi connectivity index (χ2v) is 13.3. The first-order valence-corrected chi connectivity index (χ1v) is 11.9. The fraction of sp³-hybridized carbons (Fsp3) is 0.588. The minimum Gasteiger partial charge on any atom is -0.491 e. The Balaban J connectivity index is 2.71. The van der Waals surface area contributed by atoms with Gasteiger partial charge in [0.15, 0.2) is 8.32 Å². The number of halogens is 2. The molecule has 0 saturated heterocycles. The maximum absolute atomic E-state index is 11.6. The van der Waals surface area contributed by atoms with Gasteiger partial charge < -0.3 is 9.16 Å². The maximum Gasteiger partial charge on any atom is 0.192 e. The molecular weight excluding hydrogens is 396 g/mol. The van der Waals surface area contributed by atoms with E-state index in [-0.39, 0.29) is 10.8 Å². The average molecular weight is 422 g/mol. The third-order valence-corrected chi connectivity index (χ3v) is 10.1. The highest BCUT2D eigenvalue weighted by Crippen LogP contribution is 2.37. The van der Waals surface area contributed by atoms with Gasteiger partial charge in [-0.3, -0.25) is 4.79 Å². The van der Waals surface area contributed by atoms with Crippen LogP contribution in [-0.4, -0.2) is 27.3 Å². The number of hydrogen-bond donors (Lipinski definition) is 0. The van der Waals surface area contributed by atoms with Crippen LogP contribution in [0.15, 0.2) is 18.2 Å². The number of hydrogen-bond acceptors (Lipinski definition) is 3. The lowest BCUT2D eigenvalue weighted by molar-refractivity contribution is -0.116. The Morgan fingerprint density at radius 1 is 1.30 bits per heavy atom. The molecule has 0 bridgehead atoms. The van der Waals surface area contributed by atoms with Crippen LogP contribution in [0.4, 0.5) is 0 Å². The predicted octanol–water partition coefficient (Wildman–Crippen LogP) is 5.77. The molecule has 0 amide bonds. The summed E-state index contributed by atoms with van der Waals surface area (Å²) in [4.78, 5) is 11.2. The topological polar surface area (TPSA) is 35.5 Å². The average Bonchev–Trinajstić information content (AvgIpc) is 2.41. The predicted molar refractivity (Wildman–Crippen MR) is 102 cm³/mol. The molecule has 0 heterocycles. The number of benzene rings is 1. The second kappa shape index (κ2) is 8.14.